The standard InChI is InChI=1S/C24H20N4O2/c29-24(23-15-22(26-27-23)20-9-5-2-6-10-20)28-25-16-18-11-13-21(14-12-18)30-17-19-7-3-1-4-8-19/h1-16H,17H2,(H,26,27)(H,28,29)/b25-16+. The zero-order chi connectivity index (χ0) is 20.6. The molecule has 1 amide bonds. The molecule has 0 saturated carbocycles. The fourth-order valence-corrected chi connectivity index (χ4v) is 2.81. The number of carbonyl (C=O) groups excluding carboxylic acids is 1. The van der Waals surface area contributed by atoms with Crippen LogP contribution in [0.5, 0.6) is 5.75 Å². The van der Waals surface area contributed by atoms with E-state index in [1.54, 1.807) is 12.3 Å². The van der Waals surface area contributed by atoms with Gasteiger partial charge in [0.25, 0.3) is 5.91 Å². The van der Waals surface area contributed by atoms with Gasteiger partial charge >= 0.3 is 0 Å². The van der Waals surface area contributed by atoms with E-state index in [-0.39, 0.29) is 5.91 Å². The zero-order valence-electron chi connectivity index (χ0n) is 16.2. The van der Waals surface area contributed by atoms with Crippen LogP contribution in [0.3, 0.4) is 0 Å². The van der Waals surface area contributed by atoms with Crippen molar-refractivity contribution in [2.24, 2.45) is 5.10 Å². The summed E-state index contributed by atoms with van der Waals surface area (Å²) in [5.41, 5.74) is 6.44. The van der Waals surface area contributed by atoms with E-state index >= 15 is 0 Å². The monoisotopic (exact) mass is 396 g/mol. The van der Waals surface area contributed by atoms with Crippen molar-refractivity contribution in [1.82, 2.24) is 15.6 Å². The molecule has 6 heteroatoms. The predicted molar refractivity (Wildman–Crippen MR) is 116 cm³/mol. The summed E-state index contributed by atoms with van der Waals surface area (Å²) in [7, 11) is 0. The summed E-state index contributed by atoms with van der Waals surface area (Å²) >= 11 is 0. The van der Waals surface area contributed by atoms with Crippen LogP contribution in [-0.4, -0.2) is 22.3 Å². The zero-order valence-corrected chi connectivity index (χ0v) is 16.2. The normalized spacial score (nSPS) is 10.8. The molecule has 0 aliphatic carbocycles. The summed E-state index contributed by atoms with van der Waals surface area (Å²) in [6, 6.07) is 28.8. The summed E-state index contributed by atoms with van der Waals surface area (Å²) in [4.78, 5) is 12.2. The van der Waals surface area contributed by atoms with Gasteiger partial charge in [0.15, 0.2) is 0 Å². The highest BCUT2D eigenvalue weighted by atomic mass is 16.5. The summed E-state index contributed by atoms with van der Waals surface area (Å²) in [6.07, 6.45) is 1.58. The van der Waals surface area contributed by atoms with E-state index in [4.69, 9.17) is 4.74 Å². The number of benzene rings is 3. The second-order valence-electron chi connectivity index (χ2n) is 6.58. The summed E-state index contributed by atoms with van der Waals surface area (Å²) in [5.74, 6) is 0.412. The molecule has 0 spiro atoms. The van der Waals surface area contributed by atoms with E-state index in [2.05, 4.69) is 20.7 Å². The number of hydrogen-bond donors (Lipinski definition) is 2. The van der Waals surface area contributed by atoms with Crippen LogP contribution in [0.25, 0.3) is 11.3 Å². The maximum Gasteiger partial charge on any atom is 0.289 e. The molecule has 1 aromatic heterocycles. The molecule has 2 N–H and O–H groups in total. The first-order valence-electron chi connectivity index (χ1n) is 9.49. The van der Waals surface area contributed by atoms with Crippen molar-refractivity contribution in [1.29, 1.82) is 0 Å². The van der Waals surface area contributed by atoms with E-state index in [9.17, 15) is 4.79 Å². The molecule has 4 rings (SSSR count). The van der Waals surface area contributed by atoms with E-state index in [1.165, 1.54) is 0 Å². The lowest BCUT2D eigenvalue weighted by Gasteiger charge is -2.06. The number of rotatable bonds is 7. The number of H-pyrrole nitrogens is 1. The highest BCUT2D eigenvalue weighted by molar-refractivity contribution is 5.94. The molecule has 0 bridgehead atoms. The lowest BCUT2D eigenvalue weighted by Crippen LogP contribution is -2.17. The number of hydrogen-bond acceptors (Lipinski definition) is 4. The van der Waals surface area contributed by atoms with Crippen LogP contribution >= 0.6 is 0 Å². The Kier molecular flexibility index (Phi) is 5.96. The van der Waals surface area contributed by atoms with E-state index in [0.717, 1.165) is 22.4 Å². The Balaban J connectivity index is 1.30. The number of nitrogens with one attached hydrogen (secondary N) is 2. The van der Waals surface area contributed by atoms with Crippen LogP contribution in [-0.2, 0) is 6.61 Å². The fraction of sp³-hybridized carbons (Fsp3) is 0.0417. The molecule has 30 heavy (non-hydrogen) atoms. The Labute approximate surface area is 174 Å². The predicted octanol–water partition coefficient (Wildman–Crippen LogP) is 4.42. The minimum absolute atomic E-state index is 0.343. The second kappa shape index (κ2) is 9.34. The minimum atomic E-state index is -0.358. The number of aromatic amines is 1. The van der Waals surface area contributed by atoms with E-state index in [0.29, 0.717) is 18.0 Å². The first kappa shape index (κ1) is 19.1. The van der Waals surface area contributed by atoms with E-state index in [1.807, 2.05) is 84.9 Å². The molecule has 1 heterocycles. The molecule has 3 aromatic carbocycles. The van der Waals surface area contributed by atoms with Crippen molar-refractivity contribution in [2.45, 2.75) is 6.61 Å². The van der Waals surface area contributed by atoms with Crippen molar-refractivity contribution in [3.8, 4) is 17.0 Å². The maximum absolute atomic E-state index is 12.2. The molecule has 0 aliphatic heterocycles. The van der Waals surface area contributed by atoms with Gasteiger partial charge in [-0.3, -0.25) is 9.89 Å². The third kappa shape index (κ3) is 4.99. The third-order valence-electron chi connectivity index (χ3n) is 4.40. The van der Waals surface area contributed by atoms with Crippen LogP contribution in [0.2, 0.25) is 0 Å². The molecule has 4 aromatic rings. The van der Waals surface area contributed by atoms with Crippen molar-refractivity contribution in [3.63, 3.8) is 0 Å². The molecule has 6 nitrogen and oxygen atoms in total. The second-order valence-corrected chi connectivity index (χ2v) is 6.58. The lowest BCUT2D eigenvalue weighted by atomic mass is 10.1. The lowest BCUT2D eigenvalue weighted by molar-refractivity contribution is 0.0950. The average Bonchev–Trinajstić information content (AvgIpc) is 3.30. The molecule has 0 radical (unpaired) electrons. The van der Waals surface area contributed by atoms with Crippen LogP contribution in [0, 0.1) is 0 Å². The smallest absolute Gasteiger partial charge is 0.289 e. The van der Waals surface area contributed by atoms with E-state index < -0.39 is 0 Å². The van der Waals surface area contributed by atoms with Crippen molar-refractivity contribution in [3.05, 3.63) is 108 Å². The van der Waals surface area contributed by atoms with Gasteiger partial charge in [-0.05, 0) is 41.5 Å². The highest BCUT2D eigenvalue weighted by Crippen LogP contribution is 2.17. The Hall–Kier alpha value is -4.19. The van der Waals surface area contributed by atoms with Crippen LogP contribution in [0.1, 0.15) is 21.6 Å². The number of aromatic nitrogens is 2. The fourth-order valence-electron chi connectivity index (χ4n) is 2.81. The molecule has 0 saturated heterocycles. The van der Waals surface area contributed by atoms with Crippen molar-refractivity contribution >= 4 is 12.1 Å². The van der Waals surface area contributed by atoms with Gasteiger partial charge in [0, 0.05) is 5.56 Å². The largest absolute Gasteiger partial charge is 0.489 e. The van der Waals surface area contributed by atoms with Gasteiger partial charge in [-0.1, -0.05) is 60.7 Å². The number of nitrogens with zero attached hydrogens (tertiary/aromatic N) is 2. The molecule has 0 unspecified atom stereocenters. The quantitative estimate of drug-likeness (QED) is 0.358. The first-order chi connectivity index (χ1) is 14.8. The Morgan fingerprint density at radius 1 is 0.967 bits per heavy atom. The molecule has 0 aliphatic rings. The summed E-state index contributed by atoms with van der Waals surface area (Å²) < 4.78 is 5.76. The summed E-state index contributed by atoms with van der Waals surface area (Å²) in [5, 5.41) is 10.9. The molecular formula is C24H20N4O2. The van der Waals surface area contributed by atoms with Gasteiger partial charge in [0.05, 0.1) is 11.9 Å². The SMILES string of the molecule is O=C(N/N=C/c1ccc(OCc2ccccc2)cc1)c1cc(-c2ccccc2)n[nH]1. The third-order valence-corrected chi connectivity index (χ3v) is 4.40. The average molecular weight is 396 g/mol. The first-order valence-corrected chi connectivity index (χ1v) is 9.49. The Morgan fingerprint density at radius 3 is 2.40 bits per heavy atom. The van der Waals surface area contributed by atoms with Crippen molar-refractivity contribution < 1.29 is 9.53 Å². The topological polar surface area (TPSA) is 79.4 Å². The number of ether oxygens (including phenoxy) is 1. The van der Waals surface area contributed by atoms with Gasteiger partial charge in [-0.25, -0.2) is 5.43 Å². The van der Waals surface area contributed by atoms with Crippen LogP contribution in [0.4, 0.5) is 0 Å². The maximum atomic E-state index is 12.2. The van der Waals surface area contributed by atoms with Crippen molar-refractivity contribution in [2.75, 3.05) is 0 Å². The van der Waals surface area contributed by atoms with Crippen LogP contribution in [0.15, 0.2) is 96.1 Å². The number of carbonyl (C=O) groups is 1. The highest BCUT2D eigenvalue weighted by Gasteiger charge is 2.10. The Bertz CT molecular complexity index is 1120. The molecule has 0 atom stereocenters. The van der Waals surface area contributed by atoms with Gasteiger partial charge in [0.1, 0.15) is 18.1 Å². The molecule has 0 fully saturated rings. The number of amides is 1. The van der Waals surface area contributed by atoms with Gasteiger partial charge in [0.2, 0.25) is 0 Å². The number of hydrazone groups is 1. The summed E-state index contributed by atoms with van der Waals surface area (Å²) in [6.45, 7) is 0.513. The van der Waals surface area contributed by atoms with Gasteiger partial charge < -0.3 is 4.74 Å². The molecule has 148 valence electrons. The van der Waals surface area contributed by atoms with Gasteiger partial charge in [-0.2, -0.15) is 10.2 Å². The molecular weight excluding hydrogens is 376 g/mol. The Morgan fingerprint density at radius 2 is 1.67 bits per heavy atom. The minimum Gasteiger partial charge on any atom is -0.489 e. The van der Waals surface area contributed by atoms with Crippen LogP contribution < -0.4 is 10.2 Å². The van der Waals surface area contributed by atoms with Gasteiger partial charge in [-0.15, -0.1) is 0 Å².